The Hall–Kier alpha value is -3.68. The molecule has 9 heteroatoms. The lowest BCUT2D eigenvalue weighted by Gasteiger charge is -2.26. The molecule has 166 valence electrons. The van der Waals surface area contributed by atoms with Crippen molar-refractivity contribution in [3.63, 3.8) is 0 Å². The van der Waals surface area contributed by atoms with Gasteiger partial charge in [-0.05, 0) is 48.0 Å². The van der Waals surface area contributed by atoms with Gasteiger partial charge in [-0.25, -0.2) is 14.1 Å². The molecule has 0 atom stereocenters. The van der Waals surface area contributed by atoms with Gasteiger partial charge < -0.3 is 4.74 Å². The summed E-state index contributed by atoms with van der Waals surface area (Å²) in [6.45, 7) is 0.172. The number of urea groups is 1. The first-order chi connectivity index (χ1) is 15.8. The fourth-order valence-corrected chi connectivity index (χ4v) is 3.63. The van der Waals surface area contributed by atoms with Gasteiger partial charge in [0.1, 0.15) is 23.7 Å². The highest BCUT2D eigenvalue weighted by Gasteiger charge is 2.37. The molecule has 1 fully saturated rings. The van der Waals surface area contributed by atoms with Crippen LogP contribution in [0.2, 0.25) is 10.0 Å². The average Bonchev–Trinajstić information content (AvgIpc) is 2.77. The van der Waals surface area contributed by atoms with Crippen LogP contribution in [0.4, 0.5) is 14.9 Å². The van der Waals surface area contributed by atoms with E-state index in [0.29, 0.717) is 26.3 Å². The minimum Gasteiger partial charge on any atom is -0.489 e. The second kappa shape index (κ2) is 9.44. The maximum absolute atomic E-state index is 14.2. The fraction of sp³-hybridized carbons (Fsp3) is 0.0417. The fourth-order valence-electron chi connectivity index (χ4n) is 3.17. The summed E-state index contributed by atoms with van der Waals surface area (Å²) < 4.78 is 20.0. The summed E-state index contributed by atoms with van der Waals surface area (Å²) in [5.41, 5.74) is 0.618. The van der Waals surface area contributed by atoms with Gasteiger partial charge in [0.25, 0.3) is 11.8 Å². The van der Waals surface area contributed by atoms with E-state index in [1.165, 1.54) is 24.3 Å². The molecule has 0 aromatic heterocycles. The van der Waals surface area contributed by atoms with E-state index >= 15 is 0 Å². The maximum Gasteiger partial charge on any atom is 0.336 e. The number of nitrogens with one attached hydrogen (secondary N) is 1. The van der Waals surface area contributed by atoms with Gasteiger partial charge in [-0.2, -0.15) is 0 Å². The van der Waals surface area contributed by atoms with Crippen molar-refractivity contribution in [2.24, 2.45) is 0 Å². The van der Waals surface area contributed by atoms with Crippen LogP contribution in [0.5, 0.6) is 5.75 Å². The van der Waals surface area contributed by atoms with Crippen molar-refractivity contribution in [1.82, 2.24) is 5.32 Å². The Morgan fingerprint density at radius 3 is 2.52 bits per heavy atom. The van der Waals surface area contributed by atoms with Gasteiger partial charge in [0.2, 0.25) is 0 Å². The molecular weight excluding hydrogens is 470 g/mol. The number of imide groups is 2. The van der Waals surface area contributed by atoms with E-state index in [0.717, 1.165) is 11.6 Å². The van der Waals surface area contributed by atoms with Gasteiger partial charge >= 0.3 is 6.03 Å². The number of carbonyl (C=O) groups is 3. The highest BCUT2D eigenvalue weighted by Crippen LogP contribution is 2.26. The van der Waals surface area contributed by atoms with Crippen LogP contribution in [-0.2, 0) is 16.2 Å². The summed E-state index contributed by atoms with van der Waals surface area (Å²) in [5.74, 6) is -2.13. The third-order valence-corrected chi connectivity index (χ3v) is 5.36. The van der Waals surface area contributed by atoms with Gasteiger partial charge in [-0.1, -0.05) is 53.5 Å². The Kier molecular flexibility index (Phi) is 6.44. The summed E-state index contributed by atoms with van der Waals surface area (Å²) in [4.78, 5) is 38.1. The molecule has 0 aliphatic carbocycles. The van der Waals surface area contributed by atoms with Crippen molar-refractivity contribution >= 4 is 52.8 Å². The molecule has 33 heavy (non-hydrogen) atoms. The molecule has 1 saturated heterocycles. The molecule has 3 aromatic carbocycles. The molecule has 3 aromatic rings. The zero-order valence-electron chi connectivity index (χ0n) is 16.8. The lowest BCUT2D eigenvalue weighted by atomic mass is 10.1. The number of halogens is 3. The third-order valence-electron chi connectivity index (χ3n) is 4.77. The summed E-state index contributed by atoms with van der Waals surface area (Å²) in [7, 11) is 0. The number of ether oxygens (including phenoxy) is 1. The molecule has 6 nitrogen and oxygen atoms in total. The van der Waals surface area contributed by atoms with Crippen LogP contribution in [0.1, 0.15) is 11.1 Å². The Labute approximate surface area is 198 Å². The molecule has 1 heterocycles. The molecule has 1 N–H and O–H groups in total. The topological polar surface area (TPSA) is 75.7 Å². The SMILES string of the molecule is O=C1NC(=O)N(c2ccccc2F)C(=O)/C1=C/c1cccc(OCc2ccc(Cl)cc2Cl)c1. The van der Waals surface area contributed by atoms with E-state index in [4.69, 9.17) is 27.9 Å². The number of nitrogens with zero attached hydrogens (tertiary/aromatic N) is 1. The zero-order chi connectivity index (χ0) is 23.5. The van der Waals surface area contributed by atoms with E-state index in [9.17, 15) is 18.8 Å². The van der Waals surface area contributed by atoms with E-state index in [2.05, 4.69) is 5.32 Å². The smallest absolute Gasteiger partial charge is 0.336 e. The van der Waals surface area contributed by atoms with E-state index in [1.54, 1.807) is 42.5 Å². The molecule has 1 aliphatic heterocycles. The first-order valence-electron chi connectivity index (χ1n) is 9.66. The minimum atomic E-state index is -1.02. The quantitative estimate of drug-likeness (QED) is 0.389. The second-order valence-corrected chi connectivity index (χ2v) is 7.85. The predicted octanol–water partition coefficient (Wildman–Crippen LogP) is 5.38. The van der Waals surface area contributed by atoms with Gasteiger partial charge in [-0.3, -0.25) is 14.9 Å². The summed E-state index contributed by atoms with van der Waals surface area (Å²) in [5, 5.41) is 3.03. The van der Waals surface area contributed by atoms with Gasteiger partial charge in [0.05, 0.1) is 5.69 Å². The van der Waals surface area contributed by atoms with Crippen molar-refractivity contribution in [2.75, 3.05) is 4.90 Å². The normalized spacial score (nSPS) is 15.1. The molecule has 0 bridgehead atoms. The first-order valence-corrected chi connectivity index (χ1v) is 10.4. The summed E-state index contributed by atoms with van der Waals surface area (Å²) in [6.07, 6.45) is 1.31. The van der Waals surface area contributed by atoms with Crippen LogP contribution >= 0.6 is 23.2 Å². The van der Waals surface area contributed by atoms with E-state index < -0.39 is 23.7 Å². The summed E-state index contributed by atoms with van der Waals surface area (Å²) in [6, 6.07) is 16.0. The highest BCUT2D eigenvalue weighted by molar-refractivity contribution is 6.39. The lowest BCUT2D eigenvalue weighted by molar-refractivity contribution is -0.122. The largest absolute Gasteiger partial charge is 0.489 e. The number of para-hydroxylation sites is 1. The van der Waals surface area contributed by atoms with Crippen LogP contribution in [0, 0.1) is 5.82 Å². The molecule has 0 saturated carbocycles. The van der Waals surface area contributed by atoms with Crippen molar-refractivity contribution in [1.29, 1.82) is 0 Å². The number of anilines is 1. The monoisotopic (exact) mass is 484 g/mol. The molecule has 4 rings (SSSR count). The molecule has 4 amide bonds. The maximum atomic E-state index is 14.2. The third kappa shape index (κ3) is 4.89. The molecule has 1 aliphatic rings. The molecule has 0 radical (unpaired) electrons. The highest BCUT2D eigenvalue weighted by atomic mass is 35.5. The number of amides is 4. The number of barbiturate groups is 1. The Balaban J connectivity index is 1.58. The molecular formula is C24H15Cl2FN2O4. The van der Waals surface area contributed by atoms with Gasteiger partial charge in [-0.15, -0.1) is 0 Å². The van der Waals surface area contributed by atoms with Crippen molar-refractivity contribution in [2.45, 2.75) is 6.61 Å². The Morgan fingerprint density at radius 1 is 0.970 bits per heavy atom. The number of rotatable bonds is 5. The van der Waals surface area contributed by atoms with Crippen LogP contribution in [0.15, 0.2) is 72.3 Å². The predicted molar refractivity (Wildman–Crippen MR) is 123 cm³/mol. The minimum absolute atomic E-state index is 0.172. The lowest BCUT2D eigenvalue weighted by Crippen LogP contribution is -2.54. The zero-order valence-corrected chi connectivity index (χ0v) is 18.4. The Bertz CT molecular complexity index is 1310. The van der Waals surface area contributed by atoms with Gasteiger partial charge in [0, 0.05) is 15.6 Å². The number of benzene rings is 3. The van der Waals surface area contributed by atoms with Crippen LogP contribution in [-0.4, -0.2) is 17.8 Å². The number of hydrogen-bond acceptors (Lipinski definition) is 4. The Morgan fingerprint density at radius 2 is 1.76 bits per heavy atom. The van der Waals surface area contributed by atoms with Crippen LogP contribution < -0.4 is 15.0 Å². The first kappa shape index (κ1) is 22.5. The van der Waals surface area contributed by atoms with Crippen molar-refractivity contribution in [3.05, 3.63) is 99.3 Å². The average molecular weight is 485 g/mol. The van der Waals surface area contributed by atoms with Crippen LogP contribution in [0.25, 0.3) is 6.08 Å². The summed E-state index contributed by atoms with van der Waals surface area (Å²) >= 11 is 12.1. The van der Waals surface area contributed by atoms with E-state index in [1.807, 2.05) is 0 Å². The molecule has 0 unspecified atom stereocenters. The van der Waals surface area contributed by atoms with E-state index in [-0.39, 0.29) is 17.9 Å². The van der Waals surface area contributed by atoms with Crippen molar-refractivity contribution in [3.8, 4) is 5.75 Å². The van der Waals surface area contributed by atoms with Crippen molar-refractivity contribution < 1.29 is 23.5 Å². The standard InChI is InChI=1S/C24H15Cl2FN2O4/c25-16-9-8-15(19(26)12-16)13-33-17-5-3-4-14(10-17)11-18-22(30)28-24(32)29(23(18)31)21-7-2-1-6-20(21)27/h1-12H,13H2,(H,28,30,32)/b18-11+. The number of carbonyl (C=O) groups excluding carboxylic acids is 3. The van der Waals surface area contributed by atoms with Crippen LogP contribution in [0.3, 0.4) is 0 Å². The number of hydrogen-bond donors (Lipinski definition) is 1. The molecule has 0 spiro atoms. The second-order valence-electron chi connectivity index (χ2n) is 7.01. The van der Waals surface area contributed by atoms with Gasteiger partial charge in [0.15, 0.2) is 0 Å².